The first-order valence-electron chi connectivity index (χ1n) is 10.4. The van der Waals surface area contributed by atoms with E-state index in [4.69, 9.17) is 5.11 Å². The van der Waals surface area contributed by atoms with Crippen molar-refractivity contribution in [2.75, 3.05) is 31.1 Å². The van der Waals surface area contributed by atoms with Gasteiger partial charge in [-0.1, -0.05) is 13.8 Å². The van der Waals surface area contributed by atoms with Crippen molar-refractivity contribution in [3.05, 3.63) is 34.1 Å². The molecular formula is C21H29F2N3O4. The van der Waals surface area contributed by atoms with Gasteiger partial charge in [0.1, 0.15) is 5.67 Å². The first-order chi connectivity index (χ1) is 14.0. The van der Waals surface area contributed by atoms with Crippen LogP contribution in [0, 0.1) is 27.3 Å². The van der Waals surface area contributed by atoms with Gasteiger partial charge in [0, 0.05) is 32.2 Å². The number of hydrogen-bond donors (Lipinski definition) is 1. The normalized spacial score (nSPS) is 20.3. The summed E-state index contributed by atoms with van der Waals surface area (Å²) in [6.45, 7) is 5.50. The zero-order chi connectivity index (χ0) is 22.1. The lowest BCUT2D eigenvalue weighted by Crippen LogP contribution is -2.52. The minimum atomic E-state index is -1.40. The molecule has 166 valence electrons. The molecule has 1 N–H and O–H groups in total. The van der Waals surface area contributed by atoms with Gasteiger partial charge < -0.3 is 14.9 Å². The monoisotopic (exact) mass is 425 g/mol. The molecule has 0 unspecified atom stereocenters. The zero-order valence-electron chi connectivity index (χ0n) is 17.4. The van der Waals surface area contributed by atoms with Crippen molar-refractivity contribution in [1.82, 2.24) is 4.90 Å². The number of non-ortho nitro benzene ring substituents is 1. The van der Waals surface area contributed by atoms with Crippen LogP contribution in [0.15, 0.2) is 18.2 Å². The van der Waals surface area contributed by atoms with Gasteiger partial charge in [0.15, 0.2) is 5.82 Å². The van der Waals surface area contributed by atoms with E-state index < -0.39 is 27.9 Å². The van der Waals surface area contributed by atoms with Crippen LogP contribution in [-0.4, -0.2) is 52.9 Å². The first kappa shape index (κ1) is 22.2. The maximum Gasteiger partial charge on any atom is 0.407 e. The number of carbonyl (C=O) groups is 1. The van der Waals surface area contributed by atoms with Crippen molar-refractivity contribution in [2.45, 2.75) is 51.6 Å². The Labute approximate surface area is 174 Å². The number of piperidine rings is 2. The second kappa shape index (κ2) is 8.35. The van der Waals surface area contributed by atoms with E-state index in [9.17, 15) is 19.3 Å². The molecule has 30 heavy (non-hydrogen) atoms. The van der Waals surface area contributed by atoms with Crippen molar-refractivity contribution in [1.29, 1.82) is 0 Å². The Morgan fingerprint density at radius 2 is 1.87 bits per heavy atom. The summed E-state index contributed by atoms with van der Waals surface area (Å²) in [7, 11) is 0. The Bertz CT molecular complexity index is 801. The molecule has 0 aliphatic carbocycles. The minimum absolute atomic E-state index is 0.207. The summed E-state index contributed by atoms with van der Waals surface area (Å²) in [5.74, 6) is -0.307. The Morgan fingerprint density at radius 1 is 1.27 bits per heavy atom. The summed E-state index contributed by atoms with van der Waals surface area (Å²) in [5.41, 5.74) is -1.89. The smallest absolute Gasteiger partial charge is 0.407 e. The van der Waals surface area contributed by atoms with Crippen molar-refractivity contribution >= 4 is 17.5 Å². The van der Waals surface area contributed by atoms with Gasteiger partial charge in [0.05, 0.1) is 16.7 Å². The number of amides is 1. The predicted molar refractivity (Wildman–Crippen MR) is 109 cm³/mol. The van der Waals surface area contributed by atoms with Gasteiger partial charge in [-0.3, -0.25) is 10.1 Å². The Morgan fingerprint density at radius 3 is 2.37 bits per heavy atom. The second-order valence-electron chi connectivity index (χ2n) is 9.15. The molecular weight excluding hydrogens is 396 g/mol. The van der Waals surface area contributed by atoms with Crippen LogP contribution in [0.4, 0.5) is 25.0 Å². The van der Waals surface area contributed by atoms with Crippen molar-refractivity contribution in [3.63, 3.8) is 0 Å². The highest BCUT2D eigenvalue weighted by Gasteiger charge is 2.48. The third-order valence-electron chi connectivity index (χ3n) is 6.94. The van der Waals surface area contributed by atoms with E-state index in [1.165, 1.54) is 17.0 Å². The number of nitro groups is 1. The van der Waals surface area contributed by atoms with E-state index in [2.05, 4.69) is 0 Å². The van der Waals surface area contributed by atoms with E-state index in [-0.39, 0.29) is 31.6 Å². The lowest BCUT2D eigenvalue weighted by Gasteiger charge is -2.47. The highest BCUT2D eigenvalue weighted by atomic mass is 19.1. The quantitative estimate of drug-likeness (QED) is 0.538. The fourth-order valence-corrected chi connectivity index (χ4v) is 4.88. The molecule has 2 heterocycles. The molecule has 0 radical (unpaired) electrons. The molecule has 0 aromatic heterocycles. The zero-order valence-corrected chi connectivity index (χ0v) is 17.4. The summed E-state index contributed by atoms with van der Waals surface area (Å²) < 4.78 is 30.0. The van der Waals surface area contributed by atoms with Crippen LogP contribution in [0.1, 0.15) is 46.0 Å². The summed E-state index contributed by atoms with van der Waals surface area (Å²) in [6, 6.07) is 3.70. The molecule has 3 rings (SSSR count). The predicted octanol–water partition coefficient (Wildman–Crippen LogP) is 4.85. The molecule has 0 bridgehead atoms. The van der Waals surface area contributed by atoms with Gasteiger partial charge in [-0.05, 0) is 49.5 Å². The van der Waals surface area contributed by atoms with Gasteiger partial charge in [0.2, 0.25) is 0 Å². The lowest BCUT2D eigenvalue weighted by atomic mass is 9.65. The van der Waals surface area contributed by atoms with Crippen LogP contribution < -0.4 is 4.90 Å². The SMILES string of the molecule is CC(C)(CC1CCN(c2ccc([N+](=O)[O-])cc2F)CC1)C1(F)CCN(C(=O)O)CC1. The van der Waals surface area contributed by atoms with Crippen molar-refractivity contribution < 1.29 is 23.6 Å². The molecule has 1 amide bonds. The van der Waals surface area contributed by atoms with Gasteiger partial charge >= 0.3 is 6.09 Å². The minimum Gasteiger partial charge on any atom is -0.465 e. The summed E-state index contributed by atoms with van der Waals surface area (Å²) in [6.07, 6.45) is 1.68. The van der Waals surface area contributed by atoms with Gasteiger partial charge in [-0.2, -0.15) is 0 Å². The van der Waals surface area contributed by atoms with Crippen LogP contribution in [0.2, 0.25) is 0 Å². The fourth-order valence-electron chi connectivity index (χ4n) is 4.88. The number of nitro benzene ring substituents is 1. The Balaban J connectivity index is 1.57. The molecule has 0 atom stereocenters. The number of rotatable bonds is 5. The molecule has 7 nitrogen and oxygen atoms in total. The van der Waals surface area contributed by atoms with Crippen molar-refractivity contribution in [3.8, 4) is 0 Å². The van der Waals surface area contributed by atoms with E-state index in [1.807, 2.05) is 18.7 Å². The number of carboxylic acid groups (broad SMARTS) is 1. The molecule has 1 aromatic carbocycles. The topological polar surface area (TPSA) is 86.9 Å². The fraction of sp³-hybridized carbons (Fsp3) is 0.667. The number of benzene rings is 1. The average Bonchev–Trinajstić information content (AvgIpc) is 2.68. The van der Waals surface area contributed by atoms with E-state index in [0.717, 1.165) is 18.9 Å². The molecule has 2 aliphatic heterocycles. The number of hydrogen-bond acceptors (Lipinski definition) is 4. The largest absolute Gasteiger partial charge is 0.465 e. The van der Waals surface area contributed by atoms with Crippen LogP contribution in [-0.2, 0) is 0 Å². The standard InChI is InChI=1S/C21H29F2N3O4/c1-20(2,21(23)7-11-25(12-8-21)19(27)28)14-15-5-9-24(10-6-15)18-4-3-16(26(29)30)13-17(18)22/h3-4,13,15H,5-12,14H2,1-2H3,(H,27,28). The van der Waals surface area contributed by atoms with Crippen molar-refractivity contribution in [2.24, 2.45) is 11.3 Å². The first-order valence-corrected chi connectivity index (χ1v) is 10.4. The summed E-state index contributed by atoms with van der Waals surface area (Å²) in [5, 5.41) is 19.9. The average molecular weight is 425 g/mol. The van der Waals surface area contributed by atoms with Gasteiger partial charge in [-0.25, -0.2) is 13.6 Å². The third-order valence-corrected chi connectivity index (χ3v) is 6.94. The Hall–Kier alpha value is -2.45. The van der Waals surface area contributed by atoms with Crippen LogP contribution in [0.25, 0.3) is 0 Å². The number of anilines is 1. The molecule has 2 saturated heterocycles. The lowest BCUT2D eigenvalue weighted by molar-refractivity contribution is -0.385. The number of nitrogens with zero attached hydrogens (tertiary/aromatic N) is 3. The van der Waals surface area contributed by atoms with Gasteiger partial charge in [-0.15, -0.1) is 0 Å². The summed E-state index contributed by atoms with van der Waals surface area (Å²) >= 11 is 0. The highest BCUT2D eigenvalue weighted by molar-refractivity contribution is 5.65. The van der Waals surface area contributed by atoms with E-state index >= 15 is 4.39 Å². The number of halogens is 2. The molecule has 1 aromatic rings. The summed E-state index contributed by atoms with van der Waals surface area (Å²) in [4.78, 5) is 24.4. The molecule has 9 heteroatoms. The van der Waals surface area contributed by atoms with Crippen LogP contribution >= 0.6 is 0 Å². The molecule has 2 fully saturated rings. The maximum absolute atomic E-state index is 15.7. The highest BCUT2D eigenvalue weighted by Crippen LogP contribution is 2.48. The maximum atomic E-state index is 15.7. The molecule has 2 aliphatic rings. The second-order valence-corrected chi connectivity index (χ2v) is 9.15. The van der Waals surface area contributed by atoms with Gasteiger partial charge in [0.25, 0.3) is 5.69 Å². The Kier molecular flexibility index (Phi) is 6.19. The number of likely N-dealkylation sites (tertiary alicyclic amines) is 1. The number of alkyl halides is 1. The van der Waals surface area contributed by atoms with E-state index in [1.54, 1.807) is 0 Å². The molecule has 0 spiro atoms. The van der Waals surface area contributed by atoms with E-state index in [0.29, 0.717) is 31.1 Å². The molecule has 0 saturated carbocycles. The third kappa shape index (κ3) is 4.49. The van der Waals surface area contributed by atoms with Crippen LogP contribution in [0.5, 0.6) is 0 Å². The van der Waals surface area contributed by atoms with Crippen LogP contribution in [0.3, 0.4) is 0 Å².